The maximum absolute atomic E-state index is 4.30. The van der Waals surface area contributed by atoms with Crippen molar-refractivity contribution >= 4 is 11.8 Å². The number of nitrogens with zero attached hydrogens (tertiary/aromatic N) is 2. The van der Waals surface area contributed by atoms with Gasteiger partial charge in [0.1, 0.15) is 0 Å². The molecule has 0 saturated carbocycles. The molecule has 1 aromatic heterocycles. The molecule has 0 spiro atoms. The van der Waals surface area contributed by atoms with Gasteiger partial charge in [0.05, 0.1) is 5.69 Å². The minimum atomic E-state index is 0.904. The summed E-state index contributed by atoms with van der Waals surface area (Å²) >= 11 is 1.99. The highest BCUT2D eigenvalue weighted by Gasteiger charge is 1.99. The number of aryl methyl sites for hydroxylation is 1. The average molecular weight is 213 g/mol. The number of thioether (sulfide) groups is 1. The number of aromatic nitrogens is 2. The zero-order valence-corrected chi connectivity index (χ0v) is 9.81. The van der Waals surface area contributed by atoms with E-state index >= 15 is 0 Å². The average Bonchev–Trinajstić information content (AvgIpc) is 2.61. The molecule has 80 valence electrons. The van der Waals surface area contributed by atoms with Crippen molar-refractivity contribution in [1.82, 2.24) is 15.1 Å². The fraction of sp³-hybridized carbons (Fsp3) is 0.700. The fourth-order valence-corrected chi connectivity index (χ4v) is 1.98. The van der Waals surface area contributed by atoms with E-state index < -0.39 is 0 Å². The fourth-order valence-electron chi connectivity index (χ4n) is 1.35. The molecule has 1 aromatic rings. The topological polar surface area (TPSA) is 29.9 Å². The first-order chi connectivity index (χ1) is 6.88. The summed E-state index contributed by atoms with van der Waals surface area (Å²) in [6.07, 6.45) is 3.08. The summed E-state index contributed by atoms with van der Waals surface area (Å²) in [4.78, 5) is 0. The number of nitrogens with one attached hydrogen (secondary N) is 1. The minimum absolute atomic E-state index is 0.904. The first-order valence-electron chi connectivity index (χ1n) is 5.11. The molecule has 1 N–H and O–H groups in total. The maximum atomic E-state index is 4.30. The Bertz CT molecular complexity index is 247. The van der Waals surface area contributed by atoms with Gasteiger partial charge in [-0.05, 0) is 31.0 Å². The molecule has 0 unspecified atom stereocenters. The predicted molar refractivity (Wildman–Crippen MR) is 62.6 cm³/mol. The Kier molecular flexibility index (Phi) is 5.71. The van der Waals surface area contributed by atoms with Gasteiger partial charge in [-0.25, -0.2) is 0 Å². The third-order valence-electron chi connectivity index (χ3n) is 2.03. The molecule has 0 atom stereocenters. The largest absolute Gasteiger partial charge is 0.314 e. The van der Waals surface area contributed by atoms with Gasteiger partial charge < -0.3 is 5.32 Å². The smallest absolute Gasteiger partial charge is 0.0521 e. The molecule has 0 aliphatic rings. The molecule has 3 nitrogen and oxygen atoms in total. The lowest BCUT2D eigenvalue weighted by molar-refractivity contribution is 0.565. The second kappa shape index (κ2) is 6.90. The van der Waals surface area contributed by atoms with Crippen molar-refractivity contribution in [3.8, 4) is 0 Å². The zero-order chi connectivity index (χ0) is 10.2. The second-order valence-electron chi connectivity index (χ2n) is 3.13. The Labute approximate surface area is 90.3 Å². The van der Waals surface area contributed by atoms with Gasteiger partial charge in [-0.15, -0.1) is 0 Å². The molecule has 0 bridgehead atoms. The SMILES string of the molecule is CCSCCCn1nccc1CNC. The van der Waals surface area contributed by atoms with E-state index in [9.17, 15) is 0 Å². The molecule has 1 heterocycles. The molecular formula is C10H19N3S. The summed E-state index contributed by atoms with van der Waals surface area (Å²) in [5.74, 6) is 2.44. The normalized spacial score (nSPS) is 10.7. The van der Waals surface area contributed by atoms with Crippen LogP contribution in [-0.2, 0) is 13.1 Å². The van der Waals surface area contributed by atoms with Crippen LogP contribution in [0.3, 0.4) is 0 Å². The summed E-state index contributed by atoms with van der Waals surface area (Å²) in [6, 6.07) is 2.07. The highest BCUT2D eigenvalue weighted by molar-refractivity contribution is 7.99. The Morgan fingerprint density at radius 2 is 2.43 bits per heavy atom. The van der Waals surface area contributed by atoms with E-state index in [-0.39, 0.29) is 0 Å². The Hall–Kier alpha value is -0.480. The van der Waals surface area contributed by atoms with Crippen molar-refractivity contribution in [1.29, 1.82) is 0 Å². The van der Waals surface area contributed by atoms with Crippen LogP contribution in [0.1, 0.15) is 19.0 Å². The van der Waals surface area contributed by atoms with Crippen LogP contribution in [0.4, 0.5) is 0 Å². The molecule has 0 saturated heterocycles. The molecule has 4 heteroatoms. The molecule has 0 amide bonds. The molecule has 0 aliphatic heterocycles. The third-order valence-corrected chi connectivity index (χ3v) is 3.01. The molecule has 0 radical (unpaired) electrons. The predicted octanol–water partition coefficient (Wildman–Crippen LogP) is 1.75. The minimum Gasteiger partial charge on any atom is -0.314 e. The van der Waals surface area contributed by atoms with Gasteiger partial charge in [0, 0.05) is 19.3 Å². The van der Waals surface area contributed by atoms with Crippen LogP contribution in [0.15, 0.2) is 12.3 Å². The van der Waals surface area contributed by atoms with Crippen LogP contribution < -0.4 is 5.32 Å². The quantitative estimate of drug-likeness (QED) is 0.700. The van der Waals surface area contributed by atoms with Crippen LogP contribution in [0.5, 0.6) is 0 Å². The summed E-state index contributed by atoms with van der Waals surface area (Å²) in [5, 5.41) is 7.45. The Morgan fingerprint density at radius 3 is 3.14 bits per heavy atom. The number of hydrogen-bond acceptors (Lipinski definition) is 3. The van der Waals surface area contributed by atoms with Crippen molar-refractivity contribution in [2.75, 3.05) is 18.6 Å². The van der Waals surface area contributed by atoms with E-state index in [2.05, 4.69) is 28.1 Å². The monoisotopic (exact) mass is 213 g/mol. The van der Waals surface area contributed by atoms with Crippen LogP contribution in [-0.4, -0.2) is 28.3 Å². The Morgan fingerprint density at radius 1 is 1.57 bits per heavy atom. The van der Waals surface area contributed by atoms with Crippen molar-refractivity contribution in [2.24, 2.45) is 0 Å². The maximum Gasteiger partial charge on any atom is 0.0521 e. The van der Waals surface area contributed by atoms with Crippen LogP contribution in [0.25, 0.3) is 0 Å². The number of rotatable bonds is 7. The van der Waals surface area contributed by atoms with E-state index in [0.717, 1.165) is 13.1 Å². The highest BCUT2D eigenvalue weighted by atomic mass is 32.2. The number of hydrogen-bond donors (Lipinski definition) is 1. The molecule has 0 aliphatic carbocycles. The second-order valence-corrected chi connectivity index (χ2v) is 4.52. The first kappa shape index (κ1) is 11.6. The molecule has 1 rings (SSSR count). The molecule has 0 fully saturated rings. The summed E-state index contributed by atoms with van der Waals surface area (Å²) in [6.45, 7) is 4.14. The van der Waals surface area contributed by atoms with Crippen LogP contribution in [0.2, 0.25) is 0 Å². The van der Waals surface area contributed by atoms with Crippen molar-refractivity contribution < 1.29 is 0 Å². The van der Waals surface area contributed by atoms with E-state index in [1.807, 2.05) is 25.0 Å². The van der Waals surface area contributed by atoms with Crippen molar-refractivity contribution in [3.63, 3.8) is 0 Å². The van der Waals surface area contributed by atoms with E-state index in [1.165, 1.54) is 23.6 Å². The first-order valence-corrected chi connectivity index (χ1v) is 6.27. The lowest BCUT2D eigenvalue weighted by Crippen LogP contribution is -2.12. The zero-order valence-electron chi connectivity index (χ0n) is 8.99. The van der Waals surface area contributed by atoms with E-state index in [4.69, 9.17) is 0 Å². The van der Waals surface area contributed by atoms with Gasteiger partial charge in [0.15, 0.2) is 0 Å². The van der Waals surface area contributed by atoms with E-state index in [0.29, 0.717) is 0 Å². The van der Waals surface area contributed by atoms with Gasteiger partial charge in [-0.2, -0.15) is 16.9 Å². The highest BCUT2D eigenvalue weighted by Crippen LogP contribution is 2.04. The van der Waals surface area contributed by atoms with Gasteiger partial charge in [-0.3, -0.25) is 4.68 Å². The van der Waals surface area contributed by atoms with Gasteiger partial charge >= 0.3 is 0 Å². The summed E-state index contributed by atoms with van der Waals surface area (Å²) < 4.78 is 2.09. The summed E-state index contributed by atoms with van der Waals surface area (Å²) in [5.41, 5.74) is 1.27. The molecular weight excluding hydrogens is 194 g/mol. The Balaban J connectivity index is 2.30. The van der Waals surface area contributed by atoms with Gasteiger partial charge in [0.25, 0.3) is 0 Å². The van der Waals surface area contributed by atoms with Gasteiger partial charge in [-0.1, -0.05) is 6.92 Å². The van der Waals surface area contributed by atoms with Crippen molar-refractivity contribution in [3.05, 3.63) is 18.0 Å². The van der Waals surface area contributed by atoms with Crippen molar-refractivity contribution in [2.45, 2.75) is 26.4 Å². The van der Waals surface area contributed by atoms with Gasteiger partial charge in [0.2, 0.25) is 0 Å². The van der Waals surface area contributed by atoms with Crippen LogP contribution in [0, 0.1) is 0 Å². The molecule has 14 heavy (non-hydrogen) atoms. The molecule has 0 aromatic carbocycles. The lowest BCUT2D eigenvalue weighted by Gasteiger charge is -2.06. The lowest BCUT2D eigenvalue weighted by atomic mass is 10.4. The summed E-state index contributed by atoms with van der Waals surface area (Å²) in [7, 11) is 1.96. The van der Waals surface area contributed by atoms with Crippen LogP contribution >= 0.6 is 11.8 Å². The standard InChI is InChI=1S/C10H19N3S/c1-3-14-8-4-7-13-10(9-11-2)5-6-12-13/h5-6,11H,3-4,7-9H2,1-2H3. The van der Waals surface area contributed by atoms with E-state index in [1.54, 1.807) is 0 Å². The third kappa shape index (κ3) is 3.72.